The average molecular weight is 480 g/mol. The molecule has 0 atom stereocenters. The molecule has 0 spiro atoms. The van der Waals surface area contributed by atoms with Crippen LogP contribution < -0.4 is 0 Å². The van der Waals surface area contributed by atoms with Crippen LogP contribution in [0.15, 0.2) is 0 Å². The first kappa shape index (κ1) is 31.1. The van der Waals surface area contributed by atoms with Crippen molar-refractivity contribution in [2.24, 2.45) is 0 Å². The maximum absolute atomic E-state index is 2.38. The Hall–Kier alpha value is 0.910. The minimum atomic E-state index is 0. The monoisotopic (exact) mass is 478 g/mol. The molecule has 2 heteroatoms. The number of rotatable bonds is 23. The second-order valence-electron chi connectivity index (χ2n) is 8.74. The molecule has 0 unspecified atom stereocenters. The van der Waals surface area contributed by atoms with Gasteiger partial charge in [0.1, 0.15) is 0 Å². The van der Waals surface area contributed by atoms with Crippen molar-refractivity contribution in [3.05, 3.63) is 0 Å². The fraction of sp³-hybridized carbons (Fsp3) is 1.00. The molecule has 0 aromatic heterocycles. The maximum atomic E-state index is 2.38. The van der Waals surface area contributed by atoms with Gasteiger partial charge >= 0.3 is 0 Å². The standard InChI is InChI=1S/C26H55P.BrH/c1-4-7-8-9-10-11-12-13-14-15-16-17-18-19-20-21-22-23-24-25-26-27(5-2)6-3;/h4-26H2,1-3H3;1H. The van der Waals surface area contributed by atoms with E-state index in [4.69, 9.17) is 0 Å². The summed E-state index contributed by atoms with van der Waals surface area (Å²) in [5.41, 5.74) is 0. The normalized spacial score (nSPS) is 11.1. The van der Waals surface area contributed by atoms with Crippen LogP contribution in [0.4, 0.5) is 0 Å². The van der Waals surface area contributed by atoms with E-state index in [1.165, 1.54) is 141 Å². The van der Waals surface area contributed by atoms with Gasteiger partial charge in [-0.2, -0.15) is 0 Å². The summed E-state index contributed by atoms with van der Waals surface area (Å²) in [5, 5.41) is 0. The second-order valence-corrected chi connectivity index (χ2v) is 11.8. The average Bonchev–Trinajstić information content (AvgIpc) is 2.69. The van der Waals surface area contributed by atoms with Gasteiger partial charge in [-0.3, -0.25) is 0 Å². The van der Waals surface area contributed by atoms with Crippen LogP contribution in [0.1, 0.15) is 149 Å². The van der Waals surface area contributed by atoms with E-state index in [0.29, 0.717) is 7.92 Å². The van der Waals surface area contributed by atoms with Gasteiger partial charge in [0, 0.05) is 0 Å². The summed E-state index contributed by atoms with van der Waals surface area (Å²) in [6, 6.07) is 0. The molecule has 0 aromatic rings. The molecule has 0 nitrogen and oxygen atoms in total. The van der Waals surface area contributed by atoms with Gasteiger partial charge in [0.15, 0.2) is 0 Å². The fourth-order valence-corrected chi connectivity index (χ4v) is 5.88. The number of halogens is 1. The molecule has 0 aliphatic heterocycles. The molecule has 0 rings (SSSR count). The van der Waals surface area contributed by atoms with Gasteiger partial charge in [-0.1, -0.05) is 143 Å². The highest BCUT2D eigenvalue weighted by Crippen LogP contribution is 2.35. The molecule has 0 bridgehead atoms. The maximum Gasteiger partial charge on any atom is -0.0326 e. The molecular formula is C26H56BrP. The van der Waals surface area contributed by atoms with Gasteiger partial charge in [-0.15, -0.1) is 24.9 Å². The molecule has 0 radical (unpaired) electrons. The second kappa shape index (κ2) is 27.9. The summed E-state index contributed by atoms with van der Waals surface area (Å²) in [6.07, 6.45) is 34.1. The Kier molecular flexibility index (Phi) is 31.0. The minimum absolute atomic E-state index is 0. The van der Waals surface area contributed by atoms with Crippen molar-refractivity contribution >= 4 is 24.9 Å². The summed E-state index contributed by atoms with van der Waals surface area (Å²) in [7, 11) is 0.398. The number of hydrogen-bond donors (Lipinski definition) is 0. The summed E-state index contributed by atoms with van der Waals surface area (Å²) in [5.74, 6) is 0. The van der Waals surface area contributed by atoms with Gasteiger partial charge in [-0.05, 0) is 24.9 Å². The lowest BCUT2D eigenvalue weighted by molar-refractivity contribution is 0.523. The Morgan fingerprint density at radius 2 is 0.607 bits per heavy atom. The Labute approximate surface area is 192 Å². The number of hydrogen-bond acceptors (Lipinski definition) is 0. The zero-order valence-electron chi connectivity index (χ0n) is 20.1. The quantitative estimate of drug-likeness (QED) is 0.101. The van der Waals surface area contributed by atoms with Crippen molar-refractivity contribution in [3.63, 3.8) is 0 Å². The van der Waals surface area contributed by atoms with Gasteiger partial charge in [0.25, 0.3) is 0 Å². The van der Waals surface area contributed by atoms with Crippen molar-refractivity contribution in [1.82, 2.24) is 0 Å². The molecule has 0 N–H and O–H groups in total. The van der Waals surface area contributed by atoms with Crippen LogP contribution >= 0.6 is 24.9 Å². The van der Waals surface area contributed by atoms with E-state index in [-0.39, 0.29) is 17.0 Å². The summed E-state index contributed by atoms with van der Waals surface area (Å²) in [4.78, 5) is 0. The van der Waals surface area contributed by atoms with Crippen LogP contribution in [0.25, 0.3) is 0 Å². The molecule has 0 heterocycles. The third-order valence-electron chi connectivity index (χ3n) is 6.22. The first-order valence-electron chi connectivity index (χ1n) is 13.1. The third-order valence-corrected chi connectivity index (χ3v) is 8.96. The summed E-state index contributed by atoms with van der Waals surface area (Å²) >= 11 is 0. The van der Waals surface area contributed by atoms with E-state index in [0.717, 1.165) is 0 Å². The topological polar surface area (TPSA) is 0 Å². The highest BCUT2D eigenvalue weighted by Gasteiger charge is 2.01. The van der Waals surface area contributed by atoms with E-state index >= 15 is 0 Å². The van der Waals surface area contributed by atoms with Crippen LogP contribution in [0.3, 0.4) is 0 Å². The highest BCUT2D eigenvalue weighted by atomic mass is 79.9. The fourth-order valence-electron chi connectivity index (χ4n) is 4.13. The van der Waals surface area contributed by atoms with Crippen LogP contribution in [0.5, 0.6) is 0 Å². The Bertz CT molecular complexity index is 253. The molecule has 0 fully saturated rings. The lowest BCUT2D eigenvalue weighted by atomic mass is 10.0. The SMILES string of the molecule is Br.CCCCCCCCCCCCCCCCCCCCCCP(CC)CC. The van der Waals surface area contributed by atoms with Crippen LogP contribution in [0.2, 0.25) is 0 Å². The number of unbranched alkanes of at least 4 members (excludes halogenated alkanes) is 19. The van der Waals surface area contributed by atoms with Crippen molar-refractivity contribution < 1.29 is 0 Å². The Balaban J connectivity index is 0. The molecular weight excluding hydrogens is 423 g/mol. The van der Waals surface area contributed by atoms with E-state index in [1.807, 2.05) is 0 Å². The third kappa shape index (κ3) is 24.9. The molecule has 0 aliphatic rings. The molecule has 172 valence electrons. The van der Waals surface area contributed by atoms with Crippen LogP contribution in [0, 0.1) is 0 Å². The lowest BCUT2D eigenvalue weighted by Gasteiger charge is -2.12. The van der Waals surface area contributed by atoms with E-state index < -0.39 is 0 Å². The van der Waals surface area contributed by atoms with Crippen molar-refractivity contribution in [3.8, 4) is 0 Å². The van der Waals surface area contributed by atoms with E-state index in [2.05, 4.69) is 20.8 Å². The molecule has 0 aromatic carbocycles. The van der Waals surface area contributed by atoms with Crippen LogP contribution in [-0.4, -0.2) is 18.5 Å². The first-order valence-corrected chi connectivity index (χ1v) is 15.0. The molecule has 0 saturated heterocycles. The zero-order chi connectivity index (χ0) is 19.8. The van der Waals surface area contributed by atoms with E-state index in [9.17, 15) is 0 Å². The zero-order valence-corrected chi connectivity index (χ0v) is 22.7. The molecule has 28 heavy (non-hydrogen) atoms. The largest absolute Gasteiger partial charge is 0.114 e. The smallest absolute Gasteiger partial charge is 0.0326 e. The molecule has 0 aliphatic carbocycles. The van der Waals surface area contributed by atoms with Crippen LogP contribution in [-0.2, 0) is 0 Å². The van der Waals surface area contributed by atoms with Crippen molar-refractivity contribution in [2.45, 2.75) is 149 Å². The Morgan fingerprint density at radius 1 is 0.357 bits per heavy atom. The van der Waals surface area contributed by atoms with Gasteiger partial charge in [0.05, 0.1) is 0 Å². The predicted molar refractivity (Wildman–Crippen MR) is 141 cm³/mol. The van der Waals surface area contributed by atoms with Crippen molar-refractivity contribution in [1.29, 1.82) is 0 Å². The summed E-state index contributed by atoms with van der Waals surface area (Å²) in [6.45, 7) is 7.07. The summed E-state index contributed by atoms with van der Waals surface area (Å²) < 4.78 is 0. The first-order chi connectivity index (χ1) is 13.3. The van der Waals surface area contributed by atoms with Gasteiger partial charge < -0.3 is 0 Å². The predicted octanol–water partition coefficient (Wildman–Crippen LogP) is 10.9. The minimum Gasteiger partial charge on any atom is -0.114 e. The van der Waals surface area contributed by atoms with E-state index in [1.54, 1.807) is 6.16 Å². The van der Waals surface area contributed by atoms with Gasteiger partial charge in [0.2, 0.25) is 0 Å². The van der Waals surface area contributed by atoms with Crippen molar-refractivity contribution in [2.75, 3.05) is 18.5 Å². The lowest BCUT2D eigenvalue weighted by Crippen LogP contribution is -1.90. The Morgan fingerprint density at radius 3 is 0.857 bits per heavy atom. The highest BCUT2D eigenvalue weighted by molar-refractivity contribution is 8.93. The van der Waals surface area contributed by atoms with Gasteiger partial charge in [-0.25, -0.2) is 0 Å². The molecule has 0 saturated carbocycles. The molecule has 0 amide bonds.